The summed E-state index contributed by atoms with van der Waals surface area (Å²) in [5, 5.41) is 0. The largest absolute Gasteiger partial charge is 0.473 e. The topological polar surface area (TPSA) is 38.8 Å². The van der Waals surface area contributed by atoms with E-state index in [1.807, 2.05) is 30.3 Å². The lowest BCUT2D eigenvalue weighted by atomic mass is 10.2. The first kappa shape index (κ1) is 12.1. The summed E-state index contributed by atoms with van der Waals surface area (Å²) in [6, 6.07) is 16.5. The van der Waals surface area contributed by atoms with E-state index in [4.69, 9.17) is 9.57 Å². The average molecular weight is 273 g/mol. The van der Waals surface area contributed by atoms with Crippen LogP contribution < -0.4 is 4.74 Å². The number of para-hydroxylation sites is 1. The summed E-state index contributed by atoms with van der Waals surface area (Å²) in [7, 11) is 0. The highest BCUT2D eigenvalue weighted by Crippen LogP contribution is 2.35. The number of carbonyl (C=O) groups excluding carboxylic acids is 1. The average Bonchev–Trinajstić information content (AvgIpc) is 2.48. The van der Waals surface area contributed by atoms with Crippen LogP contribution in [0.25, 0.3) is 0 Å². The molecule has 0 saturated heterocycles. The monoisotopic (exact) mass is 273 g/mol. The highest BCUT2D eigenvalue weighted by molar-refractivity contribution is 7.97. The fourth-order valence-electron chi connectivity index (χ4n) is 1.67. The molecule has 0 saturated carbocycles. The molecule has 1 heterocycles. The summed E-state index contributed by atoms with van der Waals surface area (Å²) in [4.78, 5) is 18.1. The maximum Gasteiger partial charge on any atom is 0.357 e. The zero-order chi connectivity index (χ0) is 13.1. The van der Waals surface area contributed by atoms with E-state index in [0.29, 0.717) is 5.56 Å². The number of hydrogen-bond donors (Lipinski definition) is 0. The highest BCUT2D eigenvalue weighted by atomic mass is 32.2. The van der Waals surface area contributed by atoms with Gasteiger partial charge < -0.3 is 9.57 Å². The maximum absolute atomic E-state index is 11.9. The van der Waals surface area contributed by atoms with Crippen LogP contribution in [0, 0.1) is 0 Å². The van der Waals surface area contributed by atoms with Crippen molar-refractivity contribution in [3.8, 4) is 5.75 Å². The predicted molar refractivity (Wildman–Crippen MR) is 71.5 cm³/mol. The lowest BCUT2D eigenvalue weighted by Crippen LogP contribution is -2.28. The van der Waals surface area contributed by atoms with Gasteiger partial charge in [-0.15, -0.1) is 0 Å². The summed E-state index contributed by atoms with van der Waals surface area (Å²) in [6.07, 6.45) is 0. The maximum atomic E-state index is 11.9. The lowest BCUT2D eigenvalue weighted by molar-refractivity contribution is -0.0728. The molecule has 0 N–H and O–H groups in total. The van der Waals surface area contributed by atoms with E-state index < -0.39 is 5.97 Å². The van der Waals surface area contributed by atoms with E-state index in [1.54, 1.807) is 24.3 Å². The van der Waals surface area contributed by atoms with Gasteiger partial charge in [0.25, 0.3) is 0 Å². The number of benzene rings is 2. The number of hydroxylamine groups is 1. The number of hydrogen-bond acceptors (Lipinski definition) is 5. The standard InChI is InChI=1S/C14H11NO3S/c16-14(11-6-2-1-3-7-11)18-15-10-17-12-8-4-5-9-13(12)19-15/h1-9H,10H2. The van der Waals surface area contributed by atoms with Crippen molar-refractivity contribution >= 4 is 17.9 Å². The molecule has 0 aromatic heterocycles. The molecular formula is C14H11NO3S. The van der Waals surface area contributed by atoms with Crippen LogP contribution in [0.5, 0.6) is 5.75 Å². The van der Waals surface area contributed by atoms with E-state index in [0.717, 1.165) is 10.6 Å². The molecule has 1 aliphatic rings. The first-order valence-electron chi connectivity index (χ1n) is 5.77. The van der Waals surface area contributed by atoms with Crippen molar-refractivity contribution in [3.63, 3.8) is 0 Å². The van der Waals surface area contributed by atoms with Crippen molar-refractivity contribution in [1.82, 2.24) is 4.47 Å². The molecule has 0 atom stereocenters. The summed E-state index contributed by atoms with van der Waals surface area (Å²) >= 11 is 1.35. The molecule has 96 valence electrons. The van der Waals surface area contributed by atoms with Crippen LogP contribution in [0.15, 0.2) is 59.5 Å². The van der Waals surface area contributed by atoms with Gasteiger partial charge in [-0.1, -0.05) is 30.3 Å². The lowest BCUT2D eigenvalue weighted by Gasteiger charge is -2.25. The minimum absolute atomic E-state index is 0.209. The van der Waals surface area contributed by atoms with E-state index in [9.17, 15) is 4.79 Å². The third-order valence-electron chi connectivity index (χ3n) is 2.57. The van der Waals surface area contributed by atoms with Crippen LogP contribution >= 0.6 is 11.9 Å². The third kappa shape index (κ3) is 2.72. The summed E-state index contributed by atoms with van der Waals surface area (Å²) in [5.41, 5.74) is 0.516. The van der Waals surface area contributed by atoms with Gasteiger partial charge in [-0.3, -0.25) is 0 Å². The van der Waals surface area contributed by atoms with E-state index in [1.165, 1.54) is 16.4 Å². The fourth-order valence-corrected chi connectivity index (χ4v) is 2.45. The van der Waals surface area contributed by atoms with Gasteiger partial charge in [0, 0.05) is 11.9 Å². The summed E-state index contributed by atoms with van der Waals surface area (Å²) < 4.78 is 6.93. The molecule has 2 aromatic carbocycles. The molecule has 0 radical (unpaired) electrons. The SMILES string of the molecule is O=C(ON1COc2ccccc2S1)c1ccccc1. The zero-order valence-electron chi connectivity index (χ0n) is 9.98. The Labute approximate surface area is 115 Å². The third-order valence-corrected chi connectivity index (χ3v) is 3.49. The zero-order valence-corrected chi connectivity index (χ0v) is 10.8. The molecule has 0 amide bonds. The minimum atomic E-state index is -0.393. The second kappa shape index (κ2) is 5.34. The normalized spacial score (nSPS) is 14.3. The molecule has 0 aliphatic carbocycles. The Balaban J connectivity index is 1.68. The first-order valence-corrected chi connectivity index (χ1v) is 6.55. The van der Waals surface area contributed by atoms with Gasteiger partial charge >= 0.3 is 5.97 Å². The first-order chi connectivity index (χ1) is 9.33. The highest BCUT2D eigenvalue weighted by Gasteiger charge is 2.22. The van der Waals surface area contributed by atoms with Gasteiger partial charge in [-0.2, -0.15) is 0 Å². The molecule has 0 bridgehead atoms. The smallest absolute Gasteiger partial charge is 0.357 e. The number of nitrogens with zero attached hydrogens (tertiary/aromatic N) is 1. The molecule has 5 heteroatoms. The summed E-state index contributed by atoms with van der Waals surface area (Å²) in [5.74, 6) is 0.413. The predicted octanol–water partition coefficient (Wildman–Crippen LogP) is 3.12. The van der Waals surface area contributed by atoms with Gasteiger partial charge in [0.15, 0.2) is 6.73 Å². The number of fused-ring (bicyclic) bond motifs is 1. The van der Waals surface area contributed by atoms with E-state index >= 15 is 0 Å². The van der Waals surface area contributed by atoms with Crippen LogP contribution in [0.2, 0.25) is 0 Å². The van der Waals surface area contributed by atoms with E-state index in [2.05, 4.69) is 0 Å². The molecule has 2 aromatic rings. The number of rotatable bonds is 2. The van der Waals surface area contributed by atoms with Crippen LogP contribution in [0.4, 0.5) is 0 Å². The minimum Gasteiger partial charge on any atom is -0.473 e. The van der Waals surface area contributed by atoms with Gasteiger partial charge in [0.05, 0.1) is 10.5 Å². The Morgan fingerprint density at radius 3 is 2.68 bits per heavy atom. The second-order valence-corrected chi connectivity index (χ2v) is 4.92. The van der Waals surface area contributed by atoms with Crippen molar-refractivity contribution in [2.75, 3.05) is 6.73 Å². The van der Waals surface area contributed by atoms with E-state index in [-0.39, 0.29) is 6.73 Å². The second-order valence-electron chi connectivity index (χ2n) is 3.89. The molecule has 0 unspecified atom stereocenters. The summed E-state index contributed by atoms with van der Waals surface area (Å²) in [6.45, 7) is 0.209. The molecular weight excluding hydrogens is 262 g/mol. The fraction of sp³-hybridized carbons (Fsp3) is 0.0714. The van der Waals surface area contributed by atoms with Crippen molar-refractivity contribution in [2.45, 2.75) is 4.90 Å². The molecule has 0 spiro atoms. The Morgan fingerprint density at radius 2 is 1.84 bits per heavy atom. The number of carbonyl (C=O) groups is 1. The van der Waals surface area contributed by atoms with Crippen molar-refractivity contribution in [3.05, 3.63) is 60.2 Å². The van der Waals surface area contributed by atoms with Crippen molar-refractivity contribution < 1.29 is 14.4 Å². The Bertz CT molecular complexity index is 588. The molecule has 0 fully saturated rings. The van der Waals surface area contributed by atoms with Crippen molar-refractivity contribution in [2.24, 2.45) is 0 Å². The van der Waals surface area contributed by atoms with Crippen LogP contribution in [-0.4, -0.2) is 17.2 Å². The molecule has 4 nitrogen and oxygen atoms in total. The van der Waals surface area contributed by atoms with Gasteiger partial charge in [-0.25, -0.2) is 4.79 Å². The molecule has 19 heavy (non-hydrogen) atoms. The Morgan fingerprint density at radius 1 is 1.11 bits per heavy atom. The Kier molecular flexibility index (Phi) is 3.39. The molecule has 3 rings (SSSR count). The van der Waals surface area contributed by atoms with Crippen LogP contribution in [0.3, 0.4) is 0 Å². The Hall–Kier alpha value is -1.98. The van der Waals surface area contributed by atoms with Gasteiger partial charge in [-0.05, 0) is 28.7 Å². The number of ether oxygens (including phenoxy) is 1. The quantitative estimate of drug-likeness (QED) is 0.786. The van der Waals surface area contributed by atoms with Crippen LogP contribution in [0.1, 0.15) is 10.4 Å². The van der Waals surface area contributed by atoms with Gasteiger partial charge in [0.1, 0.15) is 5.75 Å². The van der Waals surface area contributed by atoms with Crippen LogP contribution in [-0.2, 0) is 4.84 Å². The van der Waals surface area contributed by atoms with Gasteiger partial charge in [0.2, 0.25) is 0 Å². The molecule has 1 aliphatic heterocycles. The van der Waals surface area contributed by atoms with Crippen molar-refractivity contribution in [1.29, 1.82) is 0 Å².